The highest BCUT2D eigenvalue weighted by Crippen LogP contribution is 2.18. The van der Waals surface area contributed by atoms with E-state index in [0.29, 0.717) is 18.7 Å². The molecule has 0 radical (unpaired) electrons. The quantitative estimate of drug-likeness (QED) is 0.522. The van der Waals surface area contributed by atoms with Gasteiger partial charge in [0, 0.05) is 18.7 Å². The van der Waals surface area contributed by atoms with E-state index in [4.69, 9.17) is 9.47 Å². The van der Waals surface area contributed by atoms with Gasteiger partial charge in [-0.1, -0.05) is 12.1 Å². The van der Waals surface area contributed by atoms with Crippen molar-refractivity contribution in [3.8, 4) is 5.75 Å². The molecule has 142 valence electrons. The summed E-state index contributed by atoms with van der Waals surface area (Å²) in [5, 5.41) is 0. The average molecular weight is 381 g/mol. The van der Waals surface area contributed by atoms with Crippen LogP contribution in [0.4, 0.5) is 0 Å². The number of esters is 1. The van der Waals surface area contributed by atoms with E-state index in [9.17, 15) is 18.0 Å². The molecule has 1 atom stereocenters. The van der Waals surface area contributed by atoms with Crippen LogP contribution in [0, 0.1) is 0 Å². The van der Waals surface area contributed by atoms with Gasteiger partial charge in [0.1, 0.15) is 5.75 Å². The molecule has 1 aromatic rings. The molecule has 7 nitrogen and oxygen atoms in total. The number of carbonyl (C=O) groups is 2. The molecular formula is C18H23NO6S. The van der Waals surface area contributed by atoms with Crippen LogP contribution < -0.4 is 4.74 Å². The summed E-state index contributed by atoms with van der Waals surface area (Å²) in [6.45, 7) is 1.74. The molecule has 26 heavy (non-hydrogen) atoms. The molecule has 1 aliphatic heterocycles. The first-order chi connectivity index (χ1) is 12.3. The summed E-state index contributed by atoms with van der Waals surface area (Å²) in [5.74, 6) is -0.252. The number of rotatable bonds is 7. The molecular weight excluding hydrogens is 358 g/mol. The third-order valence-electron chi connectivity index (χ3n) is 4.18. The maximum Gasteiger partial charge on any atom is 0.331 e. The lowest BCUT2D eigenvalue weighted by Crippen LogP contribution is -2.43. The van der Waals surface area contributed by atoms with Crippen molar-refractivity contribution >= 4 is 27.8 Å². The van der Waals surface area contributed by atoms with E-state index < -0.39 is 22.4 Å². The van der Waals surface area contributed by atoms with Crippen LogP contribution >= 0.6 is 0 Å². The summed E-state index contributed by atoms with van der Waals surface area (Å²) in [6, 6.07) is 6.76. The topological polar surface area (TPSA) is 90.0 Å². The Balaban J connectivity index is 1.85. The zero-order chi connectivity index (χ0) is 19.2. The minimum Gasteiger partial charge on any atom is -0.497 e. The number of hydrogen-bond donors (Lipinski definition) is 0. The van der Waals surface area contributed by atoms with Crippen molar-refractivity contribution < 1.29 is 27.5 Å². The summed E-state index contributed by atoms with van der Waals surface area (Å²) >= 11 is 0. The largest absolute Gasteiger partial charge is 0.497 e. The second kappa shape index (κ2) is 8.84. The Kier molecular flexibility index (Phi) is 6.79. The summed E-state index contributed by atoms with van der Waals surface area (Å²) in [7, 11) is -1.51. The van der Waals surface area contributed by atoms with Gasteiger partial charge in [-0.15, -0.1) is 0 Å². The maximum atomic E-state index is 12.2. The van der Waals surface area contributed by atoms with Gasteiger partial charge >= 0.3 is 5.97 Å². The zero-order valence-corrected chi connectivity index (χ0v) is 15.7. The zero-order valence-electron chi connectivity index (χ0n) is 14.9. The van der Waals surface area contributed by atoms with Crippen molar-refractivity contribution in [2.24, 2.45) is 0 Å². The van der Waals surface area contributed by atoms with Gasteiger partial charge in [0.2, 0.25) is 0 Å². The number of benzene rings is 1. The fourth-order valence-corrected chi connectivity index (χ4v) is 4.53. The standard InChI is InChI=1S/C18H23NO6S/c1-3-19(15-10-11-26(22,23)13-15)17(20)12-25-18(21)9-6-14-4-7-16(24-2)8-5-14/h4-9,15H,3,10-13H2,1-2H3/b9-6+/t15-/m0/s1. The number of sulfone groups is 1. The lowest BCUT2D eigenvalue weighted by molar-refractivity contribution is -0.149. The summed E-state index contributed by atoms with van der Waals surface area (Å²) in [4.78, 5) is 25.5. The van der Waals surface area contributed by atoms with Gasteiger partial charge in [0.05, 0.1) is 18.6 Å². The van der Waals surface area contributed by atoms with Gasteiger partial charge in [-0.25, -0.2) is 13.2 Å². The van der Waals surface area contributed by atoms with Crippen molar-refractivity contribution in [3.63, 3.8) is 0 Å². The van der Waals surface area contributed by atoms with Gasteiger partial charge < -0.3 is 14.4 Å². The number of carbonyl (C=O) groups excluding carboxylic acids is 2. The Labute approximate surface area is 153 Å². The smallest absolute Gasteiger partial charge is 0.331 e. The Morgan fingerprint density at radius 1 is 1.27 bits per heavy atom. The maximum absolute atomic E-state index is 12.2. The van der Waals surface area contributed by atoms with E-state index in [1.807, 2.05) is 0 Å². The van der Waals surface area contributed by atoms with E-state index >= 15 is 0 Å². The molecule has 1 saturated heterocycles. The van der Waals surface area contributed by atoms with Crippen LogP contribution in [0.2, 0.25) is 0 Å². The fraction of sp³-hybridized carbons (Fsp3) is 0.444. The third-order valence-corrected chi connectivity index (χ3v) is 5.93. The molecule has 1 aromatic carbocycles. The van der Waals surface area contributed by atoms with Crippen LogP contribution in [0.25, 0.3) is 6.08 Å². The molecule has 0 saturated carbocycles. The average Bonchev–Trinajstić information content (AvgIpc) is 2.98. The van der Waals surface area contributed by atoms with Crippen LogP contribution in [0.3, 0.4) is 0 Å². The number of amides is 1. The Bertz CT molecular complexity index is 769. The third kappa shape index (κ3) is 5.59. The van der Waals surface area contributed by atoms with Crippen LogP contribution in [0.15, 0.2) is 30.3 Å². The van der Waals surface area contributed by atoms with E-state index in [2.05, 4.69) is 0 Å². The molecule has 0 N–H and O–H groups in total. The second-order valence-electron chi connectivity index (χ2n) is 5.95. The Morgan fingerprint density at radius 2 is 1.96 bits per heavy atom. The van der Waals surface area contributed by atoms with Gasteiger partial charge in [0.15, 0.2) is 16.4 Å². The van der Waals surface area contributed by atoms with Gasteiger partial charge in [-0.3, -0.25) is 4.79 Å². The van der Waals surface area contributed by atoms with Crippen LogP contribution in [-0.4, -0.2) is 63.0 Å². The fourth-order valence-electron chi connectivity index (χ4n) is 2.80. The summed E-state index contributed by atoms with van der Waals surface area (Å²) < 4.78 is 33.2. The number of nitrogens with zero attached hydrogens (tertiary/aromatic N) is 1. The molecule has 0 unspecified atom stereocenters. The molecule has 0 spiro atoms. The predicted molar refractivity (Wildman–Crippen MR) is 97.4 cm³/mol. The van der Waals surface area contributed by atoms with E-state index in [-0.39, 0.29) is 23.5 Å². The van der Waals surface area contributed by atoms with Crippen molar-refractivity contribution in [2.45, 2.75) is 19.4 Å². The first kappa shape index (κ1) is 20.0. The van der Waals surface area contributed by atoms with Crippen molar-refractivity contribution in [2.75, 3.05) is 31.8 Å². The molecule has 1 aliphatic rings. The predicted octanol–water partition coefficient (Wildman–Crippen LogP) is 1.29. The van der Waals surface area contributed by atoms with E-state index in [1.54, 1.807) is 44.4 Å². The molecule has 1 fully saturated rings. The van der Waals surface area contributed by atoms with Gasteiger partial charge in [0.25, 0.3) is 5.91 Å². The number of hydrogen-bond acceptors (Lipinski definition) is 6. The highest BCUT2D eigenvalue weighted by Gasteiger charge is 2.34. The first-order valence-electron chi connectivity index (χ1n) is 8.33. The summed E-state index contributed by atoms with van der Waals surface area (Å²) in [5.41, 5.74) is 0.792. The molecule has 1 heterocycles. The van der Waals surface area contributed by atoms with Crippen LogP contribution in [0.1, 0.15) is 18.9 Å². The van der Waals surface area contributed by atoms with Gasteiger partial charge in [-0.2, -0.15) is 0 Å². The summed E-state index contributed by atoms with van der Waals surface area (Å²) in [6.07, 6.45) is 3.24. The van der Waals surface area contributed by atoms with Crippen LogP contribution in [-0.2, 0) is 24.2 Å². The van der Waals surface area contributed by atoms with Crippen molar-refractivity contribution in [1.29, 1.82) is 0 Å². The lowest BCUT2D eigenvalue weighted by atomic mass is 10.2. The number of likely N-dealkylation sites (N-methyl/N-ethyl adjacent to an activating group) is 1. The van der Waals surface area contributed by atoms with E-state index in [1.165, 1.54) is 11.0 Å². The molecule has 0 aromatic heterocycles. The first-order valence-corrected chi connectivity index (χ1v) is 10.2. The molecule has 0 aliphatic carbocycles. The van der Waals surface area contributed by atoms with Crippen molar-refractivity contribution in [3.05, 3.63) is 35.9 Å². The Morgan fingerprint density at radius 3 is 2.50 bits per heavy atom. The van der Waals surface area contributed by atoms with Gasteiger partial charge in [-0.05, 0) is 37.1 Å². The monoisotopic (exact) mass is 381 g/mol. The molecule has 1 amide bonds. The lowest BCUT2D eigenvalue weighted by Gasteiger charge is -2.26. The highest BCUT2D eigenvalue weighted by atomic mass is 32.2. The minimum atomic E-state index is -3.08. The normalized spacial score (nSPS) is 18.6. The van der Waals surface area contributed by atoms with Crippen molar-refractivity contribution in [1.82, 2.24) is 4.90 Å². The Hall–Kier alpha value is -2.35. The van der Waals surface area contributed by atoms with E-state index in [0.717, 1.165) is 5.56 Å². The number of ether oxygens (including phenoxy) is 2. The minimum absolute atomic E-state index is 0.0299. The SMILES string of the molecule is CCN(C(=O)COC(=O)/C=C/c1ccc(OC)cc1)[C@H]1CCS(=O)(=O)C1. The second-order valence-corrected chi connectivity index (χ2v) is 8.18. The van der Waals surface area contributed by atoms with Crippen LogP contribution in [0.5, 0.6) is 5.75 Å². The molecule has 0 bridgehead atoms. The number of methoxy groups -OCH3 is 1. The highest BCUT2D eigenvalue weighted by molar-refractivity contribution is 7.91. The molecule has 2 rings (SSSR count). The molecule has 8 heteroatoms.